The Morgan fingerprint density at radius 3 is 2.77 bits per heavy atom. The molecule has 2 rings (SSSR count). The van der Waals surface area contributed by atoms with E-state index in [0.717, 1.165) is 18.9 Å². The first kappa shape index (κ1) is 18.2. The summed E-state index contributed by atoms with van der Waals surface area (Å²) in [5, 5.41) is 10.4. The highest BCUT2D eigenvalue weighted by molar-refractivity contribution is 4.87. The lowest BCUT2D eigenvalue weighted by molar-refractivity contribution is -0.157. The molecule has 0 bridgehead atoms. The van der Waals surface area contributed by atoms with E-state index in [1.807, 2.05) is 0 Å². The molecule has 130 valence electrons. The van der Waals surface area contributed by atoms with Gasteiger partial charge in [0.25, 0.3) is 0 Å². The molecule has 1 saturated carbocycles. The van der Waals surface area contributed by atoms with Gasteiger partial charge in [0, 0.05) is 19.6 Å². The molecule has 22 heavy (non-hydrogen) atoms. The Morgan fingerprint density at radius 1 is 1.18 bits per heavy atom. The molecule has 0 aromatic heterocycles. The van der Waals surface area contributed by atoms with Crippen molar-refractivity contribution in [2.24, 2.45) is 23.7 Å². The normalized spacial score (nSPS) is 35.5. The zero-order chi connectivity index (χ0) is 15.9. The number of aliphatic hydroxyl groups is 1. The third-order valence-corrected chi connectivity index (χ3v) is 5.69. The first-order valence-electron chi connectivity index (χ1n) is 9.03. The molecule has 0 radical (unpaired) electrons. The van der Waals surface area contributed by atoms with Crippen molar-refractivity contribution >= 4 is 0 Å². The fourth-order valence-electron chi connectivity index (χ4n) is 4.24. The van der Waals surface area contributed by atoms with Gasteiger partial charge in [-0.15, -0.1) is 0 Å². The van der Waals surface area contributed by atoms with Crippen LogP contribution in [0.1, 0.15) is 52.4 Å². The van der Waals surface area contributed by atoms with Gasteiger partial charge in [-0.1, -0.05) is 19.8 Å². The zero-order valence-corrected chi connectivity index (χ0v) is 14.5. The van der Waals surface area contributed by atoms with Gasteiger partial charge in [-0.3, -0.25) is 0 Å². The molecule has 0 aromatic rings. The van der Waals surface area contributed by atoms with E-state index >= 15 is 0 Å². The summed E-state index contributed by atoms with van der Waals surface area (Å²) >= 11 is 0. The minimum Gasteiger partial charge on any atom is -0.385 e. The molecule has 2 aliphatic rings. The Bertz CT molecular complexity index is 309. The molecule has 6 atom stereocenters. The molecule has 0 spiro atoms. The van der Waals surface area contributed by atoms with Crippen LogP contribution in [-0.2, 0) is 14.2 Å². The average molecular weight is 314 g/mol. The highest BCUT2D eigenvalue weighted by Gasteiger charge is 2.40. The summed E-state index contributed by atoms with van der Waals surface area (Å²) in [6.07, 6.45) is 6.81. The van der Waals surface area contributed by atoms with Crippen LogP contribution in [-0.4, -0.2) is 44.4 Å². The average Bonchev–Trinajstić information content (AvgIpc) is 2.72. The van der Waals surface area contributed by atoms with Gasteiger partial charge in [0.15, 0.2) is 6.29 Å². The second-order valence-electron chi connectivity index (χ2n) is 7.21. The molecule has 4 heteroatoms. The van der Waals surface area contributed by atoms with Crippen LogP contribution in [0.25, 0.3) is 0 Å². The van der Waals surface area contributed by atoms with E-state index in [1.165, 1.54) is 32.1 Å². The molecular formula is C18H34O4. The maximum atomic E-state index is 10.4. The summed E-state index contributed by atoms with van der Waals surface area (Å²) in [6.45, 7) is 6.43. The molecule has 5 unspecified atom stereocenters. The molecule has 1 N–H and O–H groups in total. The smallest absolute Gasteiger partial charge is 0.157 e. The minimum absolute atomic E-state index is 0.173. The van der Waals surface area contributed by atoms with Crippen LogP contribution in [0.15, 0.2) is 0 Å². The van der Waals surface area contributed by atoms with Crippen molar-refractivity contribution in [3.8, 4) is 0 Å². The van der Waals surface area contributed by atoms with E-state index < -0.39 is 6.29 Å². The predicted molar refractivity (Wildman–Crippen MR) is 86.6 cm³/mol. The van der Waals surface area contributed by atoms with E-state index in [2.05, 4.69) is 13.8 Å². The van der Waals surface area contributed by atoms with Crippen LogP contribution in [0, 0.1) is 23.7 Å². The number of ether oxygens (including phenoxy) is 3. The van der Waals surface area contributed by atoms with Gasteiger partial charge in [-0.25, -0.2) is 0 Å². The SMILES string of the molecule is COCCCOC(O)[C@H](C)C1CCCC2CCC(C)OCC21. The van der Waals surface area contributed by atoms with E-state index in [0.29, 0.717) is 31.2 Å². The number of fused-ring (bicyclic) bond motifs is 1. The Morgan fingerprint density at radius 2 is 2.00 bits per heavy atom. The first-order valence-corrected chi connectivity index (χ1v) is 9.03. The first-order chi connectivity index (χ1) is 10.6. The molecule has 2 fully saturated rings. The van der Waals surface area contributed by atoms with Crippen LogP contribution in [0.3, 0.4) is 0 Å². The van der Waals surface area contributed by atoms with Crippen molar-refractivity contribution in [2.75, 3.05) is 26.9 Å². The summed E-state index contributed by atoms with van der Waals surface area (Å²) < 4.78 is 16.6. The number of hydrogen-bond donors (Lipinski definition) is 1. The molecule has 0 aromatic carbocycles. The third kappa shape index (κ3) is 4.92. The van der Waals surface area contributed by atoms with Gasteiger partial charge < -0.3 is 19.3 Å². The molecule has 1 aliphatic carbocycles. The number of methoxy groups -OCH3 is 1. The monoisotopic (exact) mass is 314 g/mol. The van der Waals surface area contributed by atoms with Crippen molar-refractivity contribution in [1.29, 1.82) is 0 Å². The van der Waals surface area contributed by atoms with Crippen LogP contribution >= 0.6 is 0 Å². The van der Waals surface area contributed by atoms with E-state index in [4.69, 9.17) is 14.2 Å². The van der Waals surface area contributed by atoms with Crippen LogP contribution < -0.4 is 0 Å². The lowest BCUT2D eigenvalue weighted by Gasteiger charge is -2.41. The van der Waals surface area contributed by atoms with Crippen molar-refractivity contribution < 1.29 is 19.3 Å². The second-order valence-corrected chi connectivity index (χ2v) is 7.21. The summed E-state index contributed by atoms with van der Waals surface area (Å²) in [5.41, 5.74) is 0. The molecular weight excluding hydrogens is 280 g/mol. The minimum atomic E-state index is -0.665. The fraction of sp³-hybridized carbons (Fsp3) is 1.00. The van der Waals surface area contributed by atoms with Crippen molar-refractivity contribution in [1.82, 2.24) is 0 Å². The molecule has 1 heterocycles. The quantitative estimate of drug-likeness (QED) is 0.579. The number of rotatable bonds is 7. The molecule has 1 aliphatic heterocycles. The summed E-state index contributed by atoms with van der Waals surface area (Å²) in [4.78, 5) is 0. The molecule has 4 nitrogen and oxygen atoms in total. The van der Waals surface area contributed by atoms with E-state index in [9.17, 15) is 5.11 Å². The highest BCUT2D eigenvalue weighted by Crippen LogP contribution is 2.44. The highest BCUT2D eigenvalue weighted by atomic mass is 16.6. The lowest BCUT2D eigenvalue weighted by Crippen LogP contribution is -2.39. The predicted octanol–water partition coefficient (Wildman–Crippen LogP) is 3.23. The summed E-state index contributed by atoms with van der Waals surface area (Å²) in [7, 11) is 1.69. The standard InChI is InChI=1S/C18H34O4/c1-13-8-9-15-6-4-7-16(17(15)12-22-13)14(2)18(19)21-11-5-10-20-3/h13-19H,4-12H2,1-3H3/t13?,14-,15?,16?,17?,18?/m1/s1. The molecule has 1 saturated heterocycles. The molecule has 0 amide bonds. The summed E-state index contributed by atoms with van der Waals surface area (Å²) in [5.74, 6) is 2.05. The van der Waals surface area contributed by atoms with Crippen molar-refractivity contribution in [3.05, 3.63) is 0 Å². The van der Waals surface area contributed by atoms with Gasteiger partial charge in [0.2, 0.25) is 0 Å². The van der Waals surface area contributed by atoms with Gasteiger partial charge in [-0.2, -0.15) is 0 Å². The van der Waals surface area contributed by atoms with Gasteiger partial charge >= 0.3 is 0 Å². The maximum Gasteiger partial charge on any atom is 0.157 e. The second kappa shape index (κ2) is 9.21. The van der Waals surface area contributed by atoms with Crippen molar-refractivity contribution in [3.63, 3.8) is 0 Å². The third-order valence-electron chi connectivity index (χ3n) is 5.69. The largest absolute Gasteiger partial charge is 0.385 e. The maximum absolute atomic E-state index is 10.4. The number of hydrogen-bond acceptors (Lipinski definition) is 4. The van der Waals surface area contributed by atoms with E-state index in [-0.39, 0.29) is 5.92 Å². The fourth-order valence-corrected chi connectivity index (χ4v) is 4.24. The Labute approximate surface area is 135 Å². The summed E-state index contributed by atoms with van der Waals surface area (Å²) in [6, 6.07) is 0. The van der Waals surface area contributed by atoms with Gasteiger partial charge in [-0.05, 0) is 50.4 Å². The van der Waals surface area contributed by atoms with E-state index in [1.54, 1.807) is 7.11 Å². The number of aliphatic hydroxyl groups excluding tert-OH is 1. The van der Waals surface area contributed by atoms with Crippen LogP contribution in [0.5, 0.6) is 0 Å². The zero-order valence-electron chi connectivity index (χ0n) is 14.5. The van der Waals surface area contributed by atoms with Crippen LogP contribution in [0.2, 0.25) is 0 Å². The van der Waals surface area contributed by atoms with Gasteiger partial charge in [0.05, 0.1) is 19.3 Å². The Hall–Kier alpha value is -0.160. The van der Waals surface area contributed by atoms with Crippen LogP contribution in [0.4, 0.5) is 0 Å². The van der Waals surface area contributed by atoms with Crippen molar-refractivity contribution in [2.45, 2.75) is 64.8 Å². The van der Waals surface area contributed by atoms with Gasteiger partial charge in [0.1, 0.15) is 0 Å². The Balaban J connectivity index is 1.88. The topological polar surface area (TPSA) is 47.9 Å². The lowest BCUT2D eigenvalue weighted by atomic mass is 9.66. The Kier molecular flexibility index (Phi) is 7.61.